The summed E-state index contributed by atoms with van der Waals surface area (Å²) in [5.74, 6) is 1.19. The van der Waals surface area contributed by atoms with Gasteiger partial charge in [0.1, 0.15) is 11.5 Å². The van der Waals surface area contributed by atoms with Gasteiger partial charge in [0.25, 0.3) is 11.6 Å². The summed E-state index contributed by atoms with van der Waals surface area (Å²) in [5, 5.41) is 13.7. The maximum atomic E-state index is 13.5. The summed E-state index contributed by atoms with van der Waals surface area (Å²) in [7, 11) is 0. The lowest BCUT2D eigenvalue weighted by Crippen LogP contribution is -2.49. The molecule has 0 N–H and O–H groups in total. The Hall–Kier alpha value is -4.19. The molecule has 0 radical (unpaired) electrons. The van der Waals surface area contributed by atoms with Gasteiger partial charge in [-0.15, -0.1) is 0 Å². The monoisotopic (exact) mass is 414 g/mol. The second-order valence-corrected chi connectivity index (χ2v) is 7.27. The Morgan fingerprint density at radius 2 is 2.03 bits per heavy atom. The highest BCUT2D eigenvalue weighted by molar-refractivity contribution is 6.07. The van der Waals surface area contributed by atoms with Crippen LogP contribution < -0.4 is 4.90 Å². The molecule has 9 heteroatoms. The first-order valence-corrected chi connectivity index (χ1v) is 9.85. The van der Waals surface area contributed by atoms with E-state index in [1.165, 1.54) is 0 Å². The van der Waals surface area contributed by atoms with Crippen LogP contribution in [0.3, 0.4) is 0 Å². The molecule has 1 fully saturated rings. The van der Waals surface area contributed by atoms with Crippen molar-refractivity contribution in [1.82, 2.24) is 20.0 Å². The van der Waals surface area contributed by atoms with Gasteiger partial charge in [0.2, 0.25) is 0 Å². The number of aromatic nitrogens is 3. The van der Waals surface area contributed by atoms with Crippen LogP contribution in [0.15, 0.2) is 51.7 Å². The molecule has 1 aliphatic heterocycles. The minimum atomic E-state index is -0.107. The molecular formula is C22H18N6O3. The van der Waals surface area contributed by atoms with Crippen molar-refractivity contribution in [2.45, 2.75) is 6.92 Å². The number of aryl methyl sites for hydroxylation is 1. The zero-order valence-corrected chi connectivity index (χ0v) is 16.8. The van der Waals surface area contributed by atoms with Crippen molar-refractivity contribution in [2.75, 3.05) is 31.1 Å². The summed E-state index contributed by atoms with van der Waals surface area (Å²) >= 11 is 0. The van der Waals surface area contributed by atoms with Crippen molar-refractivity contribution in [3.63, 3.8) is 0 Å². The van der Waals surface area contributed by atoms with E-state index in [2.05, 4.69) is 26.1 Å². The number of piperazine rings is 1. The maximum absolute atomic E-state index is 13.5. The lowest BCUT2D eigenvalue weighted by atomic mass is 10.1. The summed E-state index contributed by atoms with van der Waals surface area (Å²) < 4.78 is 10.8. The number of hydrogen-bond donors (Lipinski definition) is 0. The van der Waals surface area contributed by atoms with Crippen LogP contribution in [0.4, 0.5) is 5.82 Å². The quantitative estimate of drug-likeness (QED) is 0.503. The summed E-state index contributed by atoms with van der Waals surface area (Å²) in [6, 6.07) is 10.9. The lowest BCUT2D eigenvalue weighted by molar-refractivity contribution is 0.0748. The fourth-order valence-corrected chi connectivity index (χ4v) is 3.78. The van der Waals surface area contributed by atoms with Gasteiger partial charge >= 0.3 is 0 Å². The molecule has 5 heterocycles. The zero-order chi connectivity index (χ0) is 21.4. The fraction of sp³-hybridized carbons (Fsp3) is 0.227. The molecule has 4 aromatic rings. The zero-order valence-electron chi connectivity index (χ0n) is 16.8. The summed E-state index contributed by atoms with van der Waals surface area (Å²) in [5.41, 5.74) is 2.51. The number of fused-ring (bicyclic) bond motifs is 1. The van der Waals surface area contributed by atoms with Gasteiger partial charge in [-0.1, -0.05) is 5.16 Å². The lowest BCUT2D eigenvalue weighted by Gasteiger charge is -2.35. The maximum Gasteiger partial charge on any atom is 0.259 e. The van der Waals surface area contributed by atoms with E-state index in [1.54, 1.807) is 54.6 Å². The van der Waals surface area contributed by atoms with Gasteiger partial charge in [-0.3, -0.25) is 4.79 Å². The van der Waals surface area contributed by atoms with Crippen molar-refractivity contribution in [3.05, 3.63) is 59.6 Å². The van der Waals surface area contributed by atoms with Crippen molar-refractivity contribution >= 4 is 22.8 Å². The molecule has 0 unspecified atom stereocenters. The summed E-state index contributed by atoms with van der Waals surface area (Å²) in [4.78, 5) is 26.1. The molecule has 0 spiro atoms. The smallest absolute Gasteiger partial charge is 0.259 e. The van der Waals surface area contributed by atoms with E-state index < -0.39 is 0 Å². The van der Waals surface area contributed by atoms with Crippen LogP contribution in [0.2, 0.25) is 0 Å². The molecule has 1 amide bonds. The highest BCUT2D eigenvalue weighted by Gasteiger charge is 2.27. The molecule has 31 heavy (non-hydrogen) atoms. The van der Waals surface area contributed by atoms with E-state index in [0.717, 1.165) is 5.82 Å². The first kappa shape index (κ1) is 18.8. The number of anilines is 1. The molecule has 1 aliphatic rings. The number of rotatable bonds is 3. The number of carbonyl (C=O) groups excluding carboxylic acids is 1. The molecule has 0 aromatic carbocycles. The first-order valence-electron chi connectivity index (χ1n) is 9.85. The van der Waals surface area contributed by atoms with Crippen molar-refractivity contribution in [2.24, 2.45) is 0 Å². The topological polar surface area (TPSA) is 112 Å². The average Bonchev–Trinajstić information content (AvgIpc) is 3.49. The molecule has 0 atom stereocenters. The normalized spacial score (nSPS) is 14.1. The Kier molecular flexibility index (Phi) is 4.59. The van der Waals surface area contributed by atoms with Gasteiger partial charge in [0, 0.05) is 32.4 Å². The third kappa shape index (κ3) is 3.38. The SMILES string of the molecule is Cc1noc2nc(-c3ccco3)cc(C(=O)N3CCN(c4cc(C#N)ccn4)CC3)c12. The number of nitrogens with zero attached hydrogens (tertiary/aromatic N) is 6. The van der Waals surface area contributed by atoms with E-state index in [9.17, 15) is 4.79 Å². The van der Waals surface area contributed by atoms with Crippen LogP contribution in [0.25, 0.3) is 22.6 Å². The minimum Gasteiger partial charge on any atom is -0.463 e. The second kappa shape index (κ2) is 7.57. The van der Waals surface area contributed by atoms with E-state index in [0.29, 0.717) is 65.6 Å². The molecule has 0 saturated carbocycles. The first-order chi connectivity index (χ1) is 15.1. The molecule has 9 nitrogen and oxygen atoms in total. The van der Waals surface area contributed by atoms with Crippen molar-refractivity contribution in [3.8, 4) is 17.5 Å². The number of furan rings is 1. The highest BCUT2D eigenvalue weighted by Crippen LogP contribution is 2.28. The van der Waals surface area contributed by atoms with Crippen LogP contribution in [-0.2, 0) is 0 Å². The highest BCUT2D eigenvalue weighted by atomic mass is 16.5. The largest absolute Gasteiger partial charge is 0.463 e. The third-order valence-corrected chi connectivity index (χ3v) is 5.39. The summed E-state index contributed by atoms with van der Waals surface area (Å²) in [6.07, 6.45) is 3.19. The Morgan fingerprint density at radius 3 is 2.77 bits per heavy atom. The third-order valence-electron chi connectivity index (χ3n) is 5.39. The van der Waals surface area contributed by atoms with E-state index in [4.69, 9.17) is 14.2 Å². The van der Waals surface area contributed by atoms with Gasteiger partial charge < -0.3 is 18.7 Å². The van der Waals surface area contributed by atoms with Crippen LogP contribution in [-0.4, -0.2) is 52.1 Å². The molecule has 0 aliphatic carbocycles. The molecule has 1 saturated heterocycles. The number of pyridine rings is 2. The Morgan fingerprint density at radius 1 is 1.19 bits per heavy atom. The van der Waals surface area contributed by atoms with Gasteiger partial charge in [-0.25, -0.2) is 9.97 Å². The van der Waals surface area contributed by atoms with Crippen LogP contribution >= 0.6 is 0 Å². The van der Waals surface area contributed by atoms with Gasteiger partial charge in [0.05, 0.1) is 34.5 Å². The molecule has 0 bridgehead atoms. The van der Waals surface area contributed by atoms with Crippen molar-refractivity contribution in [1.29, 1.82) is 5.26 Å². The Bertz CT molecular complexity index is 1300. The van der Waals surface area contributed by atoms with Gasteiger partial charge in [-0.05, 0) is 37.3 Å². The standard InChI is InChI=1S/C22H18N6O3/c1-14-20-16(12-17(18-3-2-10-30-18)25-21(20)31-26-14)22(29)28-8-6-27(7-9-28)19-11-15(13-23)4-5-24-19/h2-5,10-12H,6-9H2,1H3. The van der Waals surface area contributed by atoms with Crippen LogP contribution in [0.5, 0.6) is 0 Å². The Labute approximate surface area is 177 Å². The predicted octanol–water partition coefficient (Wildman–Crippen LogP) is 3.02. The average molecular weight is 414 g/mol. The predicted molar refractivity (Wildman–Crippen MR) is 111 cm³/mol. The van der Waals surface area contributed by atoms with Crippen LogP contribution in [0, 0.1) is 18.3 Å². The number of amides is 1. The number of carbonyl (C=O) groups is 1. The molecule has 154 valence electrons. The molecule has 4 aromatic heterocycles. The van der Waals surface area contributed by atoms with E-state index in [-0.39, 0.29) is 5.91 Å². The second-order valence-electron chi connectivity index (χ2n) is 7.27. The van der Waals surface area contributed by atoms with Gasteiger partial charge in [-0.2, -0.15) is 5.26 Å². The van der Waals surface area contributed by atoms with E-state index >= 15 is 0 Å². The summed E-state index contributed by atoms with van der Waals surface area (Å²) in [6.45, 7) is 4.09. The molecule has 5 rings (SSSR count). The van der Waals surface area contributed by atoms with Crippen molar-refractivity contribution < 1.29 is 13.7 Å². The van der Waals surface area contributed by atoms with Gasteiger partial charge in [0.15, 0.2) is 5.76 Å². The Balaban J connectivity index is 1.42. The molecular weight excluding hydrogens is 396 g/mol. The number of nitriles is 1. The van der Waals surface area contributed by atoms with Crippen LogP contribution in [0.1, 0.15) is 21.6 Å². The van der Waals surface area contributed by atoms with E-state index in [1.807, 2.05) is 0 Å². The fourth-order valence-electron chi connectivity index (χ4n) is 3.78. The minimum absolute atomic E-state index is 0.107. The number of hydrogen-bond acceptors (Lipinski definition) is 8.